The maximum atomic E-state index is 12.3. The molecular weight excluding hydrogens is 318 g/mol. The fourth-order valence-corrected chi connectivity index (χ4v) is 2.43. The first-order chi connectivity index (χ1) is 10.4. The number of hydrogen-bond acceptors (Lipinski definition) is 6. The summed E-state index contributed by atoms with van der Waals surface area (Å²) in [5.41, 5.74) is 5.35. The quantitative estimate of drug-likeness (QED) is 0.372. The molecule has 1 atom stereocenters. The second-order valence-electron chi connectivity index (χ2n) is 7.69. The Morgan fingerprint density at radius 1 is 1.30 bits per heavy atom. The average Bonchev–Trinajstić information content (AvgIpc) is 2.35. The zero-order valence-corrected chi connectivity index (χ0v) is 15.6. The summed E-state index contributed by atoms with van der Waals surface area (Å²) in [6.45, 7) is 11.7. The number of carbonyl (C=O) groups excluding carboxylic acids is 1. The van der Waals surface area contributed by atoms with E-state index in [2.05, 4.69) is 10.0 Å². The van der Waals surface area contributed by atoms with Crippen LogP contribution in [0.3, 0.4) is 0 Å². The monoisotopic (exact) mass is 347 g/mol. The molecule has 1 aliphatic heterocycles. The van der Waals surface area contributed by atoms with Gasteiger partial charge in [0.1, 0.15) is 5.54 Å². The molecule has 1 rings (SSSR count). The van der Waals surface area contributed by atoms with Crippen LogP contribution in [-0.2, 0) is 25.3 Å². The third-order valence-corrected chi connectivity index (χ3v) is 4.94. The third-order valence-electron chi connectivity index (χ3n) is 3.25. The van der Waals surface area contributed by atoms with Crippen molar-refractivity contribution < 1.29 is 18.5 Å². The van der Waals surface area contributed by atoms with E-state index >= 15 is 0 Å². The van der Waals surface area contributed by atoms with Crippen LogP contribution < -0.4 is 15.8 Å². The highest BCUT2D eigenvalue weighted by molar-refractivity contribution is 7.84. The number of carbonyl (C=O) groups is 1. The molecule has 0 aliphatic carbocycles. The van der Waals surface area contributed by atoms with E-state index in [4.69, 9.17) is 15.2 Å². The standard InChI is InChI=1S/C15H29N3O4S/c1-13(2,3)12(19)22-10-17-7-11(16)15(8-21-9-15)18-23(20)14(4,5)6/h7,17-18H,8-10,16H2,1-6H3/b11-7-/t23-/m1/s1. The summed E-state index contributed by atoms with van der Waals surface area (Å²) in [6, 6.07) is 0. The van der Waals surface area contributed by atoms with Gasteiger partial charge in [0.2, 0.25) is 0 Å². The Kier molecular flexibility index (Phi) is 6.23. The molecule has 4 N–H and O–H groups in total. The number of nitrogens with one attached hydrogen (secondary N) is 2. The molecule has 23 heavy (non-hydrogen) atoms. The Morgan fingerprint density at radius 3 is 2.26 bits per heavy atom. The molecular formula is C15H29N3O4S. The molecule has 0 saturated carbocycles. The molecule has 1 aliphatic rings. The van der Waals surface area contributed by atoms with Crippen LogP contribution in [0.15, 0.2) is 11.9 Å². The van der Waals surface area contributed by atoms with E-state index in [-0.39, 0.29) is 12.7 Å². The largest absolute Gasteiger partial charge is 0.444 e. The molecule has 1 saturated heterocycles. The average molecular weight is 347 g/mol. The van der Waals surface area contributed by atoms with E-state index < -0.39 is 26.7 Å². The van der Waals surface area contributed by atoms with E-state index in [1.807, 2.05) is 20.8 Å². The van der Waals surface area contributed by atoms with Gasteiger partial charge in [0.15, 0.2) is 6.73 Å². The maximum absolute atomic E-state index is 12.3. The molecule has 0 spiro atoms. The van der Waals surface area contributed by atoms with Gasteiger partial charge in [0.25, 0.3) is 0 Å². The highest BCUT2D eigenvalue weighted by atomic mass is 32.2. The van der Waals surface area contributed by atoms with Crippen LogP contribution in [0.2, 0.25) is 0 Å². The van der Waals surface area contributed by atoms with Gasteiger partial charge >= 0.3 is 5.97 Å². The Labute approximate surface area is 140 Å². The van der Waals surface area contributed by atoms with Crippen LogP contribution in [0.5, 0.6) is 0 Å². The number of rotatable bonds is 6. The molecule has 7 nitrogen and oxygen atoms in total. The molecule has 134 valence electrons. The zero-order chi connectivity index (χ0) is 17.9. The SMILES string of the molecule is CC(C)(C)C(=O)OCN/C=C(\N)C1(N[S@](=O)C(C)(C)C)COC1. The normalized spacial score (nSPS) is 19.7. The smallest absolute Gasteiger partial charge is 0.312 e. The van der Waals surface area contributed by atoms with Crippen molar-refractivity contribution in [3.8, 4) is 0 Å². The zero-order valence-electron chi connectivity index (χ0n) is 14.8. The Bertz CT molecular complexity index is 488. The first-order valence-electron chi connectivity index (χ1n) is 7.53. The molecule has 0 bridgehead atoms. The van der Waals surface area contributed by atoms with E-state index in [0.717, 1.165) is 0 Å². The lowest BCUT2D eigenvalue weighted by Crippen LogP contribution is -2.65. The van der Waals surface area contributed by atoms with E-state index in [9.17, 15) is 9.00 Å². The van der Waals surface area contributed by atoms with Crippen LogP contribution in [0.25, 0.3) is 0 Å². The molecule has 0 unspecified atom stereocenters. The molecule has 0 aromatic heterocycles. The van der Waals surface area contributed by atoms with Gasteiger partial charge in [-0.2, -0.15) is 0 Å². The maximum Gasteiger partial charge on any atom is 0.312 e. The van der Waals surface area contributed by atoms with Crippen molar-refractivity contribution in [3.05, 3.63) is 11.9 Å². The van der Waals surface area contributed by atoms with Gasteiger partial charge in [-0.05, 0) is 41.5 Å². The molecule has 0 radical (unpaired) electrons. The van der Waals surface area contributed by atoms with Crippen molar-refractivity contribution in [1.82, 2.24) is 10.0 Å². The summed E-state index contributed by atoms with van der Waals surface area (Å²) >= 11 is 0. The van der Waals surface area contributed by atoms with E-state index in [1.165, 1.54) is 0 Å². The van der Waals surface area contributed by atoms with Crippen molar-refractivity contribution in [2.75, 3.05) is 19.9 Å². The highest BCUT2D eigenvalue weighted by Gasteiger charge is 2.44. The summed E-state index contributed by atoms with van der Waals surface area (Å²) in [4.78, 5) is 11.6. The van der Waals surface area contributed by atoms with Crippen LogP contribution >= 0.6 is 0 Å². The van der Waals surface area contributed by atoms with Crippen LogP contribution in [0.1, 0.15) is 41.5 Å². The van der Waals surface area contributed by atoms with Gasteiger partial charge in [-0.1, -0.05) is 0 Å². The van der Waals surface area contributed by atoms with Crippen molar-refractivity contribution in [1.29, 1.82) is 0 Å². The molecule has 0 aromatic rings. The lowest BCUT2D eigenvalue weighted by Gasteiger charge is -2.43. The predicted octanol–water partition coefficient (Wildman–Crippen LogP) is 0.744. The fraction of sp³-hybridized carbons (Fsp3) is 0.800. The number of hydrogen-bond donors (Lipinski definition) is 3. The lowest BCUT2D eigenvalue weighted by atomic mass is 9.95. The van der Waals surface area contributed by atoms with Gasteiger partial charge in [0, 0.05) is 6.20 Å². The van der Waals surface area contributed by atoms with Crippen molar-refractivity contribution >= 4 is 17.0 Å². The fourth-order valence-electron chi connectivity index (χ4n) is 1.53. The minimum atomic E-state index is -1.27. The number of ether oxygens (including phenoxy) is 2. The van der Waals surface area contributed by atoms with Gasteiger partial charge in [-0.3, -0.25) is 4.79 Å². The highest BCUT2D eigenvalue weighted by Crippen LogP contribution is 2.25. The Hall–Kier alpha value is -1.12. The molecule has 0 aromatic carbocycles. The van der Waals surface area contributed by atoms with Gasteiger partial charge in [0.05, 0.1) is 40.1 Å². The second-order valence-corrected chi connectivity index (χ2v) is 9.65. The minimum absolute atomic E-state index is 0.0239. The third kappa shape index (κ3) is 5.47. The van der Waals surface area contributed by atoms with Crippen molar-refractivity contribution in [2.24, 2.45) is 11.1 Å². The van der Waals surface area contributed by atoms with Gasteiger partial charge in [-0.25, -0.2) is 8.93 Å². The lowest BCUT2D eigenvalue weighted by molar-refractivity contribution is -0.153. The van der Waals surface area contributed by atoms with E-state index in [1.54, 1.807) is 27.0 Å². The van der Waals surface area contributed by atoms with E-state index in [0.29, 0.717) is 18.9 Å². The van der Waals surface area contributed by atoms with Crippen LogP contribution in [0, 0.1) is 5.41 Å². The predicted molar refractivity (Wildman–Crippen MR) is 90.4 cm³/mol. The minimum Gasteiger partial charge on any atom is -0.444 e. The summed E-state index contributed by atoms with van der Waals surface area (Å²) in [5.74, 6) is -0.300. The summed E-state index contributed by atoms with van der Waals surface area (Å²) in [7, 11) is -1.27. The van der Waals surface area contributed by atoms with Gasteiger partial charge < -0.3 is 20.5 Å². The second kappa shape index (κ2) is 7.19. The number of nitrogens with two attached hydrogens (primary N) is 1. The summed E-state index contributed by atoms with van der Waals surface area (Å²) in [5, 5.41) is 2.85. The van der Waals surface area contributed by atoms with Crippen molar-refractivity contribution in [2.45, 2.75) is 51.8 Å². The summed E-state index contributed by atoms with van der Waals surface area (Å²) in [6.07, 6.45) is 1.56. The first kappa shape index (κ1) is 19.9. The molecule has 1 heterocycles. The first-order valence-corrected chi connectivity index (χ1v) is 8.68. The molecule has 8 heteroatoms. The van der Waals surface area contributed by atoms with Gasteiger partial charge in [-0.15, -0.1) is 0 Å². The summed E-state index contributed by atoms with van der Waals surface area (Å²) < 4.78 is 25.3. The molecule has 0 amide bonds. The molecule has 1 fully saturated rings. The Balaban J connectivity index is 2.58. The Morgan fingerprint density at radius 2 is 1.87 bits per heavy atom. The number of esters is 1. The van der Waals surface area contributed by atoms with Crippen molar-refractivity contribution in [3.63, 3.8) is 0 Å². The topological polar surface area (TPSA) is 103 Å². The van der Waals surface area contributed by atoms with Crippen LogP contribution in [-0.4, -0.2) is 40.4 Å². The van der Waals surface area contributed by atoms with Crippen LogP contribution in [0.4, 0.5) is 0 Å².